The van der Waals surface area contributed by atoms with Gasteiger partial charge < -0.3 is 14.7 Å². The van der Waals surface area contributed by atoms with Crippen molar-refractivity contribution >= 4 is 72.7 Å². The van der Waals surface area contributed by atoms with Crippen LogP contribution in [0.1, 0.15) is 0 Å². The number of hydrogen-bond acceptors (Lipinski definition) is 3. The minimum absolute atomic E-state index is 1.10. The van der Waals surface area contributed by atoms with Crippen LogP contribution >= 0.6 is 0 Å². The Balaban J connectivity index is 0.988. The summed E-state index contributed by atoms with van der Waals surface area (Å²) in [5.74, 6) is 0. The van der Waals surface area contributed by atoms with Gasteiger partial charge in [0.15, 0.2) is 0 Å². The molecule has 0 saturated heterocycles. The number of benzene rings is 11. The first-order valence-corrected chi connectivity index (χ1v) is 22.2. The van der Waals surface area contributed by atoms with Crippen molar-refractivity contribution < 1.29 is 0 Å². The van der Waals surface area contributed by atoms with E-state index in [9.17, 15) is 0 Å². The maximum Gasteiger partial charge on any atom is 0.0540 e. The van der Waals surface area contributed by atoms with Gasteiger partial charge >= 0.3 is 0 Å². The van der Waals surface area contributed by atoms with Crippen LogP contribution in [0.4, 0.5) is 51.2 Å². The lowest BCUT2D eigenvalue weighted by molar-refractivity contribution is 1.28. The second-order valence-electron chi connectivity index (χ2n) is 16.1. The molecular weight excluding hydrogens is 787 g/mol. The first-order chi connectivity index (χ1) is 32.3. The molecule has 0 bridgehead atoms. The second kappa shape index (κ2) is 17.6. The fraction of sp³-hybridized carbons (Fsp3) is 0. The molecule has 0 saturated carbocycles. The van der Waals surface area contributed by atoms with Gasteiger partial charge in [0.05, 0.1) is 11.4 Å². The number of rotatable bonds is 11. The first-order valence-electron chi connectivity index (χ1n) is 22.2. The molecule has 0 amide bonds. The molecule has 0 atom stereocenters. The third kappa shape index (κ3) is 7.66. The molecule has 3 nitrogen and oxygen atoms in total. The fourth-order valence-corrected chi connectivity index (χ4v) is 9.25. The second-order valence-corrected chi connectivity index (χ2v) is 16.1. The highest BCUT2D eigenvalue weighted by Crippen LogP contribution is 2.46. The SMILES string of the molecule is c1ccc(N(c2ccccc2)c2ccc(-c3cccc4c(N(c5ccccc5)c5cccc6c(-c7ccc(N(c8ccccc8)c8ccccc8)cc7)cccc56)cccc34)cc2)cc1. The summed E-state index contributed by atoms with van der Waals surface area (Å²) < 4.78 is 0. The molecule has 0 aromatic heterocycles. The van der Waals surface area contributed by atoms with E-state index >= 15 is 0 Å². The van der Waals surface area contributed by atoms with Crippen molar-refractivity contribution in [3.63, 3.8) is 0 Å². The zero-order valence-corrected chi connectivity index (χ0v) is 35.8. The van der Waals surface area contributed by atoms with E-state index in [1.54, 1.807) is 0 Å². The highest BCUT2D eigenvalue weighted by Gasteiger charge is 2.20. The van der Waals surface area contributed by atoms with Crippen LogP contribution in [-0.4, -0.2) is 0 Å². The van der Waals surface area contributed by atoms with Crippen LogP contribution in [0.25, 0.3) is 43.8 Å². The van der Waals surface area contributed by atoms with Gasteiger partial charge in [-0.25, -0.2) is 0 Å². The summed E-state index contributed by atoms with van der Waals surface area (Å²) >= 11 is 0. The predicted molar refractivity (Wildman–Crippen MR) is 276 cm³/mol. The number of hydrogen-bond donors (Lipinski definition) is 0. The molecule has 11 aromatic carbocycles. The van der Waals surface area contributed by atoms with Crippen LogP contribution in [0.3, 0.4) is 0 Å². The summed E-state index contributed by atoms with van der Waals surface area (Å²) in [7, 11) is 0. The number of nitrogens with zero attached hydrogens (tertiary/aromatic N) is 3. The molecular formula is C62H45N3. The number of anilines is 9. The third-order valence-electron chi connectivity index (χ3n) is 12.2. The smallest absolute Gasteiger partial charge is 0.0540 e. The Morgan fingerprint density at radius 3 is 0.754 bits per heavy atom. The van der Waals surface area contributed by atoms with Gasteiger partial charge in [-0.05, 0) is 130 Å². The van der Waals surface area contributed by atoms with Gasteiger partial charge in [-0.3, -0.25) is 0 Å². The Bertz CT molecular complexity index is 3050. The molecule has 65 heavy (non-hydrogen) atoms. The van der Waals surface area contributed by atoms with Gasteiger partial charge in [0.25, 0.3) is 0 Å². The lowest BCUT2D eigenvalue weighted by Crippen LogP contribution is -2.11. The van der Waals surface area contributed by atoms with Gasteiger partial charge in [-0.2, -0.15) is 0 Å². The summed E-state index contributed by atoms with van der Waals surface area (Å²) in [6.45, 7) is 0. The van der Waals surface area contributed by atoms with Gasteiger partial charge in [0.1, 0.15) is 0 Å². The van der Waals surface area contributed by atoms with Gasteiger partial charge in [0, 0.05) is 50.6 Å². The van der Waals surface area contributed by atoms with Crippen LogP contribution in [0.5, 0.6) is 0 Å². The largest absolute Gasteiger partial charge is 0.311 e. The number of fused-ring (bicyclic) bond motifs is 2. The molecule has 0 aliphatic rings. The van der Waals surface area contributed by atoms with E-state index in [4.69, 9.17) is 0 Å². The maximum absolute atomic E-state index is 2.43. The van der Waals surface area contributed by atoms with Crippen molar-refractivity contribution in [3.05, 3.63) is 273 Å². The zero-order valence-electron chi connectivity index (χ0n) is 35.8. The molecule has 3 heteroatoms. The topological polar surface area (TPSA) is 9.72 Å². The van der Waals surface area contributed by atoms with Gasteiger partial charge in [-0.15, -0.1) is 0 Å². The average molecular weight is 832 g/mol. The molecule has 11 rings (SSSR count). The summed E-state index contributed by atoms with van der Waals surface area (Å²) in [6, 6.07) is 97.8. The molecule has 0 fully saturated rings. The first kappa shape index (κ1) is 39.2. The van der Waals surface area contributed by atoms with Crippen molar-refractivity contribution in [3.8, 4) is 22.3 Å². The summed E-state index contributed by atoms with van der Waals surface area (Å²) in [4.78, 5) is 7.04. The molecule has 0 unspecified atom stereocenters. The minimum Gasteiger partial charge on any atom is -0.311 e. The summed E-state index contributed by atoms with van der Waals surface area (Å²) in [6.07, 6.45) is 0. The monoisotopic (exact) mass is 831 g/mol. The Morgan fingerprint density at radius 1 is 0.169 bits per heavy atom. The van der Waals surface area contributed by atoms with E-state index < -0.39 is 0 Å². The Morgan fingerprint density at radius 2 is 0.431 bits per heavy atom. The maximum atomic E-state index is 2.43. The van der Waals surface area contributed by atoms with Crippen LogP contribution in [0.15, 0.2) is 273 Å². The van der Waals surface area contributed by atoms with E-state index in [1.165, 1.54) is 43.8 Å². The van der Waals surface area contributed by atoms with Crippen LogP contribution in [-0.2, 0) is 0 Å². The van der Waals surface area contributed by atoms with E-state index in [1.807, 2.05) is 0 Å². The van der Waals surface area contributed by atoms with Crippen molar-refractivity contribution in [1.82, 2.24) is 0 Å². The zero-order chi connectivity index (χ0) is 43.4. The van der Waals surface area contributed by atoms with E-state index in [0.29, 0.717) is 0 Å². The van der Waals surface area contributed by atoms with Crippen LogP contribution in [0.2, 0.25) is 0 Å². The molecule has 0 spiro atoms. The quantitative estimate of drug-likeness (QED) is 0.129. The lowest BCUT2D eigenvalue weighted by Gasteiger charge is -2.29. The molecule has 308 valence electrons. The van der Waals surface area contributed by atoms with Gasteiger partial charge in [-0.1, -0.05) is 176 Å². The average Bonchev–Trinajstić information content (AvgIpc) is 3.38. The van der Waals surface area contributed by atoms with Crippen molar-refractivity contribution in [1.29, 1.82) is 0 Å². The van der Waals surface area contributed by atoms with Crippen molar-refractivity contribution in [2.45, 2.75) is 0 Å². The summed E-state index contributed by atoms with van der Waals surface area (Å²) in [5, 5.41) is 4.75. The normalized spacial score (nSPS) is 11.1. The fourth-order valence-electron chi connectivity index (χ4n) is 9.25. The standard InChI is InChI=1S/C62H45N3/c1-6-20-48(21-7-1)63(49-22-8-2-9-23-49)53-42-38-46(39-43-53)55-30-16-34-59-57(55)32-18-36-61(59)65(52-28-14-5-15-29-52)62-37-19-33-58-56(31-17-35-60(58)62)47-40-44-54(45-41-47)64(50-24-10-3-11-25-50)51-26-12-4-13-27-51/h1-45H. The molecule has 0 N–H and O–H groups in total. The van der Waals surface area contributed by atoms with Crippen LogP contribution in [0, 0.1) is 0 Å². The third-order valence-corrected chi connectivity index (χ3v) is 12.2. The van der Waals surface area contributed by atoms with Crippen molar-refractivity contribution in [2.75, 3.05) is 14.7 Å². The highest BCUT2D eigenvalue weighted by molar-refractivity contribution is 6.10. The Labute approximate surface area is 381 Å². The Hall–Kier alpha value is -8.66. The minimum atomic E-state index is 1.10. The molecule has 0 heterocycles. The molecule has 11 aromatic rings. The van der Waals surface area contributed by atoms with E-state index in [2.05, 4.69) is 288 Å². The number of para-hydroxylation sites is 5. The molecule has 0 radical (unpaired) electrons. The summed E-state index contributed by atoms with van der Waals surface area (Å²) in [5.41, 5.74) is 14.7. The molecule has 0 aliphatic heterocycles. The highest BCUT2D eigenvalue weighted by atomic mass is 15.2. The van der Waals surface area contributed by atoms with Crippen LogP contribution < -0.4 is 14.7 Å². The Kier molecular flexibility index (Phi) is 10.6. The van der Waals surface area contributed by atoms with E-state index in [0.717, 1.165) is 51.2 Å². The van der Waals surface area contributed by atoms with E-state index in [-0.39, 0.29) is 0 Å². The van der Waals surface area contributed by atoms with Gasteiger partial charge in [0.2, 0.25) is 0 Å². The molecule has 0 aliphatic carbocycles. The van der Waals surface area contributed by atoms with Crippen molar-refractivity contribution in [2.24, 2.45) is 0 Å². The lowest BCUT2D eigenvalue weighted by atomic mass is 9.95. The predicted octanol–water partition coefficient (Wildman–Crippen LogP) is 17.7.